The van der Waals surface area contributed by atoms with E-state index >= 15 is 0 Å². The number of amides is 1. The fourth-order valence-electron chi connectivity index (χ4n) is 3.37. The van der Waals surface area contributed by atoms with Gasteiger partial charge >= 0.3 is 5.97 Å². The van der Waals surface area contributed by atoms with Crippen molar-refractivity contribution in [3.63, 3.8) is 0 Å². The van der Waals surface area contributed by atoms with Gasteiger partial charge in [-0.3, -0.25) is 10.1 Å². The molecule has 0 aliphatic rings. The van der Waals surface area contributed by atoms with E-state index in [1.807, 2.05) is 18.2 Å². The summed E-state index contributed by atoms with van der Waals surface area (Å²) in [5, 5.41) is 12.2. The van der Waals surface area contributed by atoms with E-state index in [1.165, 1.54) is 14.0 Å². The van der Waals surface area contributed by atoms with Gasteiger partial charge in [-0.1, -0.05) is 50.3 Å². The molecule has 0 bridgehead atoms. The van der Waals surface area contributed by atoms with Gasteiger partial charge in [0.05, 0.1) is 7.11 Å². The van der Waals surface area contributed by atoms with Crippen molar-refractivity contribution < 1.29 is 28.2 Å². The zero-order chi connectivity index (χ0) is 26.6. The molecule has 190 valence electrons. The summed E-state index contributed by atoms with van der Waals surface area (Å²) in [6, 6.07) is 9.63. The van der Waals surface area contributed by atoms with Crippen LogP contribution in [0.4, 0.5) is 13.9 Å². The Labute approximate surface area is 212 Å². The zero-order valence-corrected chi connectivity index (χ0v) is 21.6. The lowest BCUT2D eigenvalue weighted by Crippen LogP contribution is -2.13. The normalized spacial score (nSPS) is 11.9. The van der Waals surface area contributed by atoms with Crippen molar-refractivity contribution in [3.05, 3.63) is 70.3 Å². The van der Waals surface area contributed by atoms with Crippen LogP contribution in [0.2, 0.25) is 0 Å². The van der Waals surface area contributed by atoms with Crippen LogP contribution in [0.1, 0.15) is 55.6 Å². The van der Waals surface area contributed by atoms with Crippen LogP contribution in [-0.2, 0) is 11.2 Å². The Morgan fingerprint density at radius 1 is 1.17 bits per heavy atom. The maximum atomic E-state index is 14.5. The number of carboxylic acids is 1. The average molecular weight is 515 g/mol. The number of aryl methyl sites for hydroxylation is 1. The Balaban J connectivity index is 1.84. The van der Waals surface area contributed by atoms with Crippen molar-refractivity contribution in [2.24, 2.45) is 5.41 Å². The Morgan fingerprint density at radius 2 is 1.83 bits per heavy atom. The number of aromatic nitrogens is 1. The van der Waals surface area contributed by atoms with Crippen molar-refractivity contribution in [2.45, 2.75) is 40.5 Å². The molecule has 3 rings (SSSR count). The molecule has 3 aromatic rings. The summed E-state index contributed by atoms with van der Waals surface area (Å²) in [5.41, 5.74) is 1.70. The number of anilines is 1. The molecule has 0 saturated heterocycles. The maximum Gasteiger partial charge on any atom is 0.331 e. The fourth-order valence-corrected chi connectivity index (χ4v) is 4.17. The number of halogens is 2. The number of nitrogens with one attached hydrogen (secondary N) is 1. The topological polar surface area (TPSA) is 88.5 Å². The molecule has 1 aromatic heterocycles. The summed E-state index contributed by atoms with van der Waals surface area (Å²) < 4.78 is 34.4. The first-order valence-electron chi connectivity index (χ1n) is 11.2. The second-order valence-corrected chi connectivity index (χ2v) is 10.5. The maximum absolute atomic E-state index is 14.5. The summed E-state index contributed by atoms with van der Waals surface area (Å²) in [4.78, 5) is 28.2. The number of hydrogen-bond donors (Lipinski definition) is 2. The van der Waals surface area contributed by atoms with Crippen molar-refractivity contribution in [1.29, 1.82) is 0 Å². The van der Waals surface area contributed by atoms with Crippen LogP contribution >= 0.6 is 11.3 Å². The van der Waals surface area contributed by atoms with Gasteiger partial charge in [-0.25, -0.2) is 18.6 Å². The van der Waals surface area contributed by atoms with Crippen molar-refractivity contribution >= 4 is 34.4 Å². The van der Waals surface area contributed by atoms with E-state index in [-0.39, 0.29) is 21.7 Å². The molecule has 2 N–H and O–H groups in total. The summed E-state index contributed by atoms with van der Waals surface area (Å²) >= 11 is 1.10. The Morgan fingerprint density at radius 3 is 2.42 bits per heavy atom. The molecule has 9 heteroatoms. The van der Waals surface area contributed by atoms with E-state index in [2.05, 4.69) is 37.1 Å². The number of aliphatic carboxylic acids is 1. The molecule has 0 aliphatic heterocycles. The predicted octanol–water partition coefficient (Wildman–Crippen LogP) is 6.82. The third-order valence-electron chi connectivity index (χ3n) is 5.41. The van der Waals surface area contributed by atoms with E-state index in [9.17, 15) is 18.4 Å². The first-order chi connectivity index (χ1) is 16.9. The largest absolute Gasteiger partial charge is 0.486 e. The number of rotatable bonds is 8. The second-order valence-electron chi connectivity index (χ2n) is 9.56. The molecular weight excluding hydrogens is 486 g/mol. The monoisotopic (exact) mass is 514 g/mol. The van der Waals surface area contributed by atoms with Gasteiger partial charge < -0.3 is 9.84 Å². The number of benzene rings is 2. The minimum Gasteiger partial charge on any atom is -0.486 e. The molecule has 1 amide bonds. The highest BCUT2D eigenvalue weighted by Gasteiger charge is 2.19. The van der Waals surface area contributed by atoms with E-state index in [0.29, 0.717) is 10.8 Å². The third-order valence-corrected chi connectivity index (χ3v) is 6.34. The zero-order valence-electron chi connectivity index (χ0n) is 20.7. The highest BCUT2D eigenvalue weighted by Crippen LogP contribution is 2.38. The Hall–Kier alpha value is -3.59. The quantitative estimate of drug-likeness (QED) is 0.322. The van der Waals surface area contributed by atoms with Crippen LogP contribution in [0.15, 0.2) is 42.0 Å². The van der Waals surface area contributed by atoms with Crippen LogP contribution in [0.25, 0.3) is 17.3 Å². The van der Waals surface area contributed by atoms with Crippen molar-refractivity contribution in [2.75, 3.05) is 12.4 Å². The Kier molecular flexibility index (Phi) is 8.24. The summed E-state index contributed by atoms with van der Waals surface area (Å²) in [6.45, 7) is 7.78. The van der Waals surface area contributed by atoms with E-state index in [1.54, 1.807) is 0 Å². The SMILES string of the molecule is COc1sc(NC(=O)c2cc(F)c(/C=C(\C)C(=O)O)c(F)c2)nc1-c1cccc(CCC(C)(C)C)c1. The van der Waals surface area contributed by atoms with Gasteiger partial charge in [0.1, 0.15) is 17.3 Å². The summed E-state index contributed by atoms with van der Waals surface area (Å²) in [5.74, 6) is -4.17. The third kappa shape index (κ3) is 6.75. The molecule has 0 aliphatic carbocycles. The molecule has 0 spiro atoms. The number of carbonyl (C=O) groups is 2. The van der Waals surface area contributed by atoms with E-state index in [0.717, 1.165) is 53.5 Å². The molecule has 2 aromatic carbocycles. The van der Waals surface area contributed by atoms with Crippen molar-refractivity contribution in [1.82, 2.24) is 4.98 Å². The predicted molar refractivity (Wildman–Crippen MR) is 137 cm³/mol. The van der Waals surface area contributed by atoms with E-state index in [4.69, 9.17) is 9.84 Å². The summed E-state index contributed by atoms with van der Waals surface area (Å²) in [6.07, 6.45) is 2.80. The lowest BCUT2D eigenvalue weighted by Gasteiger charge is -2.17. The number of carbonyl (C=O) groups excluding carboxylic acids is 1. The molecule has 0 radical (unpaired) electrons. The Bertz CT molecular complexity index is 1300. The lowest BCUT2D eigenvalue weighted by atomic mass is 9.88. The van der Waals surface area contributed by atoms with Gasteiger partial charge in [-0.05, 0) is 55.0 Å². The number of nitrogens with zero attached hydrogens (tertiary/aromatic N) is 1. The minimum atomic E-state index is -1.30. The lowest BCUT2D eigenvalue weighted by molar-refractivity contribution is -0.132. The molecule has 1 heterocycles. The van der Waals surface area contributed by atoms with Crippen LogP contribution < -0.4 is 10.1 Å². The highest BCUT2D eigenvalue weighted by molar-refractivity contribution is 7.18. The molecule has 6 nitrogen and oxygen atoms in total. The smallest absolute Gasteiger partial charge is 0.331 e. The average Bonchev–Trinajstić information content (AvgIpc) is 3.22. The highest BCUT2D eigenvalue weighted by atomic mass is 32.1. The molecule has 36 heavy (non-hydrogen) atoms. The second kappa shape index (κ2) is 11.0. The minimum absolute atomic E-state index is 0.203. The molecule has 0 atom stereocenters. The number of thiazole rings is 1. The molecular formula is C27H28F2N2O4S. The van der Waals surface area contributed by atoms with Gasteiger partial charge in [0.2, 0.25) is 5.06 Å². The van der Waals surface area contributed by atoms with Gasteiger partial charge in [0.25, 0.3) is 5.91 Å². The standard InChI is InChI=1S/C27H28F2N2O4S/c1-15(24(33)34)11-19-20(28)13-18(14-21(19)29)23(32)31-26-30-22(25(35-5)36-26)17-8-6-7-16(12-17)9-10-27(2,3)4/h6-8,11-14H,9-10H2,1-5H3,(H,33,34)(H,30,31,32)/b15-11+. The number of methoxy groups -OCH3 is 1. The number of ether oxygens (including phenoxy) is 1. The molecule has 0 fully saturated rings. The number of carboxylic acid groups (broad SMARTS) is 1. The van der Waals surface area contributed by atoms with Crippen LogP contribution in [0.5, 0.6) is 5.06 Å². The van der Waals surface area contributed by atoms with Gasteiger partial charge in [0, 0.05) is 22.3 Å². The van der Waals surface area contributed by atoms with E-state index < -0.39 is 29.1 Å². The molecule has 0 saturated carbocycles. The van der Waals surface area contributed by atoms with Crippen LogP contribution in [0.3, 0.4) is 0 Å². The van der Waals surface area contributed by atoms with Crippen LogP contribution in [-0.4, -0.2) is 29.1 Å². The van der Waals surface area contributed by atoms with Gasteiger partial charge in [-0.2, -0.15) is 0 Å². The first-order valence-corrected chi connectivity index (χ1v) is 12.1. The van der Waals surface area contributed by atoms with Gasteiger partial charge in [0.15, 0.2) is 5.13 Å². The fraction of sp³-hybridized carbons (Fsp3) is 0.296. The van der Waals surface area contributed by atoms with Gasteiger partial charge in [-0.15, -0.1) is 0 Å². The van der Waals surface area contributed by atoms with Crippen molar-refractivity contribution in [3.8, 4) is 16.3 Å². The first kappa shape index (κ1) is 27.0. The number of hydrogen-bond acceptors (Lipinski definition) is 5. The molecule has 0 unspecified atom stereocenters. The van der Waals surface area contributed by atoms with Crippen LogP contribution in [0, 0.1) is 17.0 Å². The summed E-state index contributed by atoms with van der Waals surface area (Å²) in [7, 11) is 1.50.